The highest BCUT2D eigenvalue weighted by Gasteiger charge is 2.26. The van der Waals surface area contributed by atoms with Gasteiger partial charge in [0.1, 0.15) is 0 Å². The molecule has 19 heavy (non-hydrogen) atoms. The Balaban J connectivity index is 2.62. The van der Waals surface area contributed by atoms with Gasteiger partial charge in [0.15, 0.2) is 0 Å². The van der Waals surface area contributed by atoms with Gasteiger partial charge in [-0.25, -0.2) is 8.42 Å². The molecule has 0 aliphatic heterocycles. The highest BCUT2D eigenvalue weighted by atomic mass is 32.2. The van der Waals surface area contributed by atoms with Crippen molar-refractivity contribution in [1.29, 1.82) is 0 Å². The fourth-order valence-corrected chi connectivity index (χ4v) is 2.48. The Morgan fingerprint density at radius 3 is 2.32 bits per heavy atom. The molecule has 0 saturated heterocycles. The monoisotopic (exact) mass is 309 g/mol. The van der Waals surface area contributed by atoms with E-state index in [4.69, 9.17) is 0 Å². The average Bonchev–Trinajstić information content (AvgIpc) is 2.39. The molecule has 0 aliphatic carbocycles. The predicted molar refractivity (Wildman–Crippen MR) is 75.7 cm³/mol. The van der Waals surface area contributed by atoms with Crippen molar-refractivity contribution >= 4 is 27.3 Å². The van der Waals surface area contributed by atoms with E-state index in [-0.39, 0.29) is 4.90 Å². The number of hydrogen-bond acceptors (Lipinski definition) is 4. The maximum atomic E-state index is 12.3. The summed E-state index contributed by atoms with van der Waals surface area (Å²) in [5, 5.41) is 3.66. The van der Waals surface area contributed by atoms with Crippen LogP contribution in [-0.4, -0.2) is 32.2 Å². The molecule has 3 nitrogen and oxygen atoms in total. The van der Waals surface area contributed by atoms with Gasteiger partial charge in [0.25, 0.3) is 0 Å². The number of benzene rings is 1. The van der Waals surface area contributed by atoms with E-state index in [9.17, 15) is 17.2 Å². The quantitative estimate of drug-likeness (QED) is 0.840. The lowest BCUT2D eigenvalue weighted by Gasteiger charge is -2.10. The molecule has 1 atom stereocenters. The van der Waals surface area contributed by atoms with E-state index < -0.39 is 15.6 Å². The number of sulfone groups is 1. The van der Waals surface area contributed by atoms with Crippen LogP contribution in [0, 0.1) is 0 Å². The predicted octanol–water partition coefficient (Wildman–Crippen LogP) is 3.24. The van der Waals surface area contributed by atoms with Crippen LogP contribution in [0.4, 0.5) is 14.5 Å². The summed E-state index contributed by atoms with van der Waals surface area (Å²) in [5.41, 5.74) is 0.724. The van der Waals surface area contributed by atoms with Crippen LogP contribution in [0.25, 0.3) is 0 Å². The molecule has 7 heteroatoms. The first-order valence-electron chi connectivity index (χ1n) is 5.76. The Morgan fingerprint density at radius 2 is 1.84 bits per heavy atom. The van der Waals surface area contributed by atoms with E-state index in [1.54, 1.807) is 11.8 Å². The number of alkyl halides is 2. The second kappa shape index (κ2) is 7.09. The van der Waals surface area contributed by atoms with E-state index >= 15 is 0 Å². The lowest BCUT2D eigenvalue weighted by molar-refractivity contribution is 0.234. The van der Waals surface area contributed by atoms with Gasteiger partial charge in [0, 0.05) is 17.5 Å². The van der Waals surface area contributed by atoms with Gasteiger partial charge in [0.05, 0.1) is 4.90 Å². The molecular weight excluding hydrogens is 292 g/mol. The second-order valence-electron chi connectivity index (χ2n) is 4.09. The Kier molecular flexibility index (Phi) is 6.06. The van der Waals surface area contributed by atoms with Gasteiger partial charge >= 0.3 is 5.76 Å². The van der Waals surface area contributed by atoms with Crippen molar-refractivity contribution in [3.05, 3.63) is 24.3 Å². The Bertz CT molecular complexity index is 489. The molecule has 0 amide bonds. The van der Waals surface area contributed by atoms with E-state index in [0.717, 1.165) is 18.7 Å². The third-order valence-electron chi connectivity index (χ3n) is 2.70. The van der Waals surface area contributed by atoms with Crippen molar-refractivity contribution in [1.82, 2.24) is 0 Å². The zero-order chi connectivity index (χ0) is 14.5. The van der Waals surface area contributed by atoms with Gasteiger partial charge in [-0.2, -0.15) is 20.5 Å². The number of thioether (sulfide) groups is 1. The van der Waals surface area contributed by atoms with Crippen LogP contribution in [0.3, 0.4) is 0 Å². The number of halogens is 2. The van der Waals surface area contributed by atoms with E-state index in [0.29, 0.717) is 5.25 Å². The third-order valence-corrected chi connectivity index (χ3v) is 5.14. The molecule has 1 unspecified atom stereocenters. The van der Waals surface area contributed by atoms with E-state index in [1.165, 1.54) is 24.3 Å². The maximum Gasteiger partial charge on any atom is 0.341 e. The summed E-state index contributed by atoms with van der Waals surface area (Å²) < 4.78 is 47.1. The fraction of sp³-hybridized carbons (Fsp3) is 0.500. The lowest BCUT2D eigenvalue weighted by atomic mass is 10.3. The normalized spacial score (nSPS) is 13.5. The second-order valence-corrected chi connectivity index (χ2v) is 7.29. The van der Waals surface area contributed by atoms with Gasteiger partial charge < -0.3 is 5.32 Å². The van der Waals surface area contributed by atoms with Crippen LogP contribution in [-0.2, 0) is 9.84 Å². The molecule has 1 aromatic carbocycles. The first-order chi connectivity index (χ1) is 8.87. The zero-order valence-electron chi connectivity index (χ0n) is 10.8. The Labute approximate surface area is 116 Å². The number of rotatable bonds is 7. The Hall–Kier alpha value is -0.820. The van der Waals surface area contributed by atoms with Crippen LogP contribution < -0.4 is 5.32 Å². The zero-order valence-corrected chi connectivity index (χ0v) is 12.4. The molecule has 0 radical (unpaired) electrons. The minimum Gasteiger partial charge on any atom is -0.385 e. The lowest BCUT2D eigenvalue weighted by Crippen LogP contribution is -2.11. The van der Waals surface area contributed by atoms with E-state index in [2.05, 4.69) is 12.2 Å². The molecule has 0 aromatic heterocycles. The third kappa shape index (κ3) is 4.65. The molecule has 0 aliphatic rings. The molecule has 1 rings (SSSR count). The first kappa shape index (κ1) is 16.2. The minimum absolute atomic E-state index is 0.356. The fourth-order valence-electron chi connectivity index (χ4n) is 1.40. The first-order valence-corrected chi connectivity index (χ1v) is 8.60. The van der Waals surface area contributed by atoms with Crippen LogP contribution >= 0.6 is 11.8 Å². The summed E-state index contributed by atoms with van der Waals surface area (Å²) in [5.74, 6) is -3.38. The standard InChI is InChI=1S/C12H17F2NO2S2/c1-9(18-2)7-8-15-10-3-5-11(6-4-10)19(16,17)12(13)14/h3-6,9,12,15H,7-8H2,1-2H3. The number of anilines is 1. The summed E-state index contributed by atoms with van der Waals surface area (Å²) >= 11 is 1.77. The van der Waals surface area contributed by atoms with Gasteiger partial charge in [-0.1, -0.05) is 6.92 Å². The number of hydrogen-bond donors (Lipinski definition) is 1. The summed E-state index contributed by atoms with van der Waals surface area (Å²) in [7, 11) is -4.50. The molecule has 0 fully saturated rings. The molecule has 1 N–H and O–H groups in total. The van der Waals surface area contributed by atoms with E-state index in [1.807, 2.05) is 6.26 Å². The molecular formula is C12H17F2NO2S2. The summed E-state index contributed by atoms with van der Waals surface area (Å²) in [4.78, 5) is -0.356. The van der Waals surface area contributed by atoms with Crippen molar-refractivity contribution in [3.8, 4) is 0 Å². The molecule has 0 spiro atoms. The Morgan fingerprint density at radius 1 is 1.26 bits per heavy atom. The van der Waals surface area contributed by atoms with Gasteiger partial charge in [-0.05, 0) is 36.9 Å². The SMILES string of the molecule is CSC(C)CCNc1ccc(S(=O)(=O)C(F)F)cc1. The smallest absolute Gasteiger partial charge is 0.341 e. The molecule has 0 heterocycles. The average molecular weight is 309 g/mol. The van der Waals surface area contributed by atoms with Crippen LogP contribution in [0.1, 0.15) is 13.3 Å². The van der Waals surface area contributed by atoms with Crippen molar-refractivity contribution in [2.24, 2.45) is 0 Å². The maximum absolute atomic E-state index is 12.3. The van der Waals surface area contributed by atoms with Crippen molar-refractivity contribution in [3.63, 3.8) is 0 Å². The van der Waals surface area contributed by atoms with Crippen molar-refractivity contribution in [2.45, 2.75) is 29.2 Å². The van der Waals surface area contributed by atoms with Crippen molar-refractivity contribution in [2.75, 3.05) is 18.1 Å². The largest absolute Gasteiger partial charge is 0.385 e. The molecule has 0 bridgehead atoms. The van der Waals surface area contributed by atoms with Gasteiger partial charge in [0.2, 0.25) is 9.84 Å². The van der Waals surface area contributed by atoms with Crippen LogP contribution in [0.5, 0.6) is 0 Å². The van der Waals surface area contributed by atoms with Gasteiger partial charge in [-0.3, -0.25) is 0 Å². The highest BCUT2D eigenvalue weighted by molar-refractivity contribution is 7.99. The minimum atomic E-state index is -4.50. The van der Waals surface area contributed by atoms with Crippen LogP contribution in [0.2, 0.25) is 0 Å². The topological polar surface area (TPSA) is 46.2 Å². The summed E-state index contributed by atoms with van der Waals surface area (Å²) in [6.45, 7) is 2.87. The number of nitrogens with one attached hydrogen (secondary N) is 1. The molecule has 0 saturated carbocycles. The van der Waals surface area contributed by atoms with Gasteiger partial charge in [-0.15, -0.1) is 0 Å². The van der Waals surface area contributed by atoms with Crippen molar-refractivity contribution < 1.29 is 17.2 Å². The summed E-state index contributed by atoms with van der Waals surface area (Å²) in [6, 6.07) is 5.39. The van der Waals surface area contributed by atoms with Crippen LogP contribution in [0.15, 0.2) is 29.2 Å². The molecule has 1 aromatic rings. The molecule has 108 valence electrons. The summed E-state index contributed by atoms with van der Waals surface area (Å²) in [6.07, 6.45) is 3.01. The highest BCUT2D eigenvalue weighted by Crippen LogP contribution is 2.20.